The first-order valence-electron chi connectivity index (χ1n) is 5.64. The van der Waals surface area contributed by atoms with Crippen LogP contribution in [0.1, 0.15) is 25.7 Å². The van der Waals surface area contributed by atoms with Crippen LogP contribution in [0.2, 0.25) is 10.0 Å². The molecule has 0 unspecified atom stereocenters. The number of nitrogens with zero attached hydrogens (tertiary/aromatic N) is 3. The molecule has 96 valence electrons. The Bertz CT molecular complexity index is 563. The van der Waals surface area contributed by atoms with Crippen molar-refractivity contribution in [3.8, 4) is 11.4 Å². The van der Waals surface area contributed by atoms with Crippen molar-refractivity contribution in [1.82, 2.24) is 14.8 Å². The molecule has 0 aliphatic heterocycles. The van der Waals surface area contributed by atoms with Crippen molar-refractivity contribution >= 4 is 23.2 Å². The van der Waals surface area contributed by atoms with Gasteiger partial charge in [0, 0.05) is 16.6 Å². The van der Waals surface area contributed by atoms with Gasteiger partial charge in [0.15, 0.2) is 5.82 Å². The maximum atomic E-state index is 6.19. The fraction of sp³-hybridized carbons (Fsp3) is 0.333. The van der Waals surface area contributed by atoms with Crippen LogP contribution < -0.4 is 5.73 Å². The van der Waals surface area contributed by atoms with Gasteiger partial charge in [0.25, 0.3) is 0 Å². The number of benzene rings is 1. The zero-order chi connectivity index (χ0) is 13.3. The summed E-state index contributed by atoms with van der Waals surface area (Å²) in [5.41, 5.74) is 6.43. The van der Waals surface area contributed by atoms with Gasteiger partial charge in [-0.1, -0.05) is 23.2 Å². The summed E-state index contributed by atoms with van der Waals surface area (Å²) in [4.78, 5) is 0. The standard InChI is InChI=1S/C12H14Cl2N4/c1-7(2)18-11(6-15)16-17-12(18)9-5-8(13)3-4-10(9)14/h3-5,7H,6,15H2,1-2H3. The molecule has 0 spiro atoms. The molecule has 0 amide bonds. The summed E-state index contributed by atoms with van der Waals surface area (Å²) < 4.78 is 1.97. The lowest BCUT2D eigenvalue weighted by atomic mass is 10.2. The van der Waals surface area contributed by atoms with Gasteiger partial charge < -0.3 is 10.3 Å². The molecule has 0 atom stereocenters. The quantitative estimate of drug-likeness (QED) is 0.941. The highest BCUT2D eigenvalue weighted by molar-refractivity contribution is 6.35. The molecule has 6 heteroatoms. The molecule has 2 rings (SSSR count). The Morgan fingerprint density at radius 3 is 2.61 bits per heavy atom. The van der Waals surface area contributed by atoms with Gasteiger partial charge in [-0.3, -0.25) is 0 Å². The fourth-order valence-electron chi connectivity index (χ4n) is 1.86. The minimum Gasteiger partial charge on any atom is -0.324 e. The van der Waals surface area contributed by atoms with Crippen molar-refractivity contribution in [3.63, 3.8) is 0 Å². The average molecular weight is 285 g/mol. The highest BCUT2D eigenvalue weighted by Crippen LogP contribution is 2.31. The summed E-state index contributed by atoms with van der Waals surface area (Å²) in [6.45, 7) is 4.43. The molecule has 1 heterocycles. The van der Waals surface area contributed by atoms with Crippen molar-refractivity contribution in [3.05, 3.63) is 34.1 Å². The van der Waals surface area contributed by atoms with Crippen LogP contribution in [0.5, 0.6) is 0 Å². The van der Waals surface area contributed by atoms with Crippen molar-refractivity contribution in [2.75, 3.05) is 0 Å². The third-order valence-electron chi connectivity index (χ3n) is 2.63. The highest BCUT2D eigenvalue weighted by Gasteiger charge is 2.17. The van der Waals surface area contributed by atoms with Crippen molar-refractivity contribution < 1.29 is 0 Å². The fourth-order valence-corrected chi connectivity index (χ4v) is 2.23. The van der Waals surface area contributed by atoms with E-state index in [1.807, 2.05) is 18.4 Å². The summed E-state index contributed by atoms with van der Waals surface area (Å²) >= 11 is 12.2. The number of hydrogen-bond acceptors (Lipinski definition) is 3. The van der Waals surface area contributed by atoms with Crippen LogP contribution in [0.25, 0.3) is 11.4 Å². The molecule has 0 saturated heterocycles. The van der Waals surface area contributed by atoms with E-state index in [4.69, 9.17) is 28.9 Å². The van der Waals surface area contributed by atoms with E-state index >= 15 is 0 Å². The lowest BCUT2D eigenvalue weighted by Crippen LogP contribution is -2.11. The van der Waals surface area contributed by atoms with Gasteiger partial charge in [-0.05, 0) is 32.0 Å². The first-order valence-corrected chi connectivity index (χ1v) is 6.39. The number of nitrogens with two attached hydrogens (primary N) is 1. The Kier molecular flexibility index (Phi) is 3.90. The van der Waals surface area contributed by atoms with Crippen molar-refractivity contribution in [2.24, 2.45) is 5.73 Å². The number of hydrogen-bond donors (Lipinski definition) is 1. The van der Waals surface area contributed by atoms with Crippen LogP contribution in [-0.2, 0) is 6.54 Å². The van der Waals surface area contributed by atoms with E-state index in [9.17, 15) is 0 Å². The molecule has 18 heavy (non-hydrogen) atoms. The van der Waals surface area contributed by atoms with E-state index in [2.05, 4.69) is 10.2 Å². The van der Waals surface area contributed by atoms with Gasteiger partial charge in [-0.25, -0.2) is 0 Å². The maximum Gasteiger partial charge on any atom is 0.165 e. The Hall–Kier alpha value is -1.10. The molecule has 0 aliphatic carbocycles. The molecular formula is C12H14Cl2N4. The molecule has 0 saturated carbocycles. The Morgan fingerprint density at radius 2 is 2.00 bits per heavy atom. The van der Waals surface area contributed by atoms with E-state index in [1.54, 1.807) is 18.2 Å². The monoisotopic (exact) mass is 284 g/mol. The largest absolute Gasteiger partial charge is 0.324 e. The van der Waals surface area contributed by atoms with Crippen LogP contribution in [0.15, 0.2) is 18.2 Å². The Morgan fingerprint density at radius 1 is 1.28 bits per heavy atom. The van der Waals surface area contributed by atoms with Gasteiger partial charge in [0.2, 0.25) is 0 Å². The lowest BCUT2D eigenvalue weighted by Gasteiger charge is -2.14. The molecule has 0 radical (unpaired) electrons. The SMILES string of the molecule is CC(C)n1c(CN)nnc1-c1cc(Cl)ccc1Cl. The second kappa shape index (κ2) is 5.26. The second-order valence-electron chi connectivity index (χ2n) is 4.23. The third kappa shape index (κ3) is 2.36. The van der Waals surface area contributed by atoms with Crippen LogP contribution in [0.3, 0.4) is 0 Å². The Labute approximate surface area is 116 Å². The normalized spacial score (nSPS) is 11.2. The van der Waals surface area contributed by atoms with E-state index in [0.717, 1.165) is 11.4 Å². The molecule has 0 aliphatic rings. The minimum absolute atomic E-state index is 0.198. The van der Waals surface area contributed by atoms with E-state index in [0.29, 0.717) is 22.4 Å². The van der Waals surface area contributed by atoms with Gasteiger partial charge in [-0.15, -0.1) is 10.2 Å². The van der Waals surface area contributed by atoms with Gasteiger partial charge in [0.05, 0.1) is 11.6 Å². The summed E-state index contributed by atoms with van der Waals surface area (Å²) in [6, 6.07) is 5.48. The predicted octanol–water partition coefficient (Wildman–Crippen LogP) is 3.29. The highest BCUT2D eigenvalue weighted by atomic mass is 35.5. The number of aromatic nitrogens is 3. The van der Waals surface area contributed by atoms with Crippen molar-refractivity contribution in [1.29, 1.82) is 0 Å². The molecule has 1 aromatic heterocycles. The lowest BCUT2D eigenvalue weighted by molar-refractivity contribution is 0.574. The molecule has 0 bridgehead atoms. The molecular weight excluding hydrogens is 271 g/mol. The van der Waals surface area contributed by atoms with E-state index in [-0.39, 0.29) is 6.04 Å². The van der Waals surface area contributed by atoms with Crippen LogP contribution in [0, 0.1) is 0 Å². The third-order valence-corrected chi connectivity index (χ3v) is 3.20. The summed E-state index contributed by atoms with van der Waals surface area (Å²) in [7, 11) is 0. The second-order valence-corrected chi connectivity index (χ2v) is 5.08. The summed E-state index contributed by atoms with van der Waals surface area (Å²) in [5.74, 6) is 1.42. The first-order chi connectivity index (χ1) is 8.54. The number of rotatable bonds is 3. The van der Waals surface area contributed by atoms with Crippen LogP contribution in [-0.4, -0.2) is 14.8 Å². The smallest absolute Gasteiger partial charge is 0.165 e. The number of halogens is 2. The average Bonchev–Trinajstić information content (AvgIpc) is 2.75. The molecule has 4 nitrogen and oxygen atoms in total. The van der Waals surface area contributed by atoms with Gasteiger partial charge >= 0.3 is 0 Å². The Balaban J connectivity index is 2.63. The van der Waals surface area contributed by atoms with Gasteiger partial charge in [-0.2, -0.15) is 0 Å². The minimum atomic E-state index is 0.198. The topological polar surface area (TPSA) is 56.7 Å². The van der Waals surface area contributed by atoms with Crippen LogP contribution in [0.4, 0.5) is 0 Å². The van der Waals surface area contributed by atoms with E-state index in [1.165, 1.54) is 0 Å². The molecule has 1 aromatic carbocycles. The summed E-state index contributed by atoms with van der Waals surface area (Å²) in [5, 5.41) is 9.47. The molecule has 2 N–H and O–H groups in total. The molecule has 2 aromatic rings. The molecule has 0 fully saturated rings. The predicted molar refractivity (Wildman–Crippen MR) is 73.8 cm³/mol. The maximum absolute atomic E-state index is 6.19. The summed E-state index contributed by atoms with van der Waals surface area (Å²) in [6.07, 6.45) is 0. The van der Waals surface area contributed by atoms with Gasteiger partial charge in [0.1, 0.15) is 5.82 Å². The zero-order valence-electron chi connectivity index (χ0n) is 10.2. The first kappa shape index (κ1) is 13.3. The van der Waals surface area contributed by atoms with E-state index < -0.39 is 0 Å². The zero-order valence-corrected chi connectivity index (χ0v) is 11.7. The van der Waals surface area contributed by atoms with Crippen molar-refractivity contribution in [2.45, 2.75) is 26.4 Å². The van der Waals surface area contributed by atoms with Crippen LogP contribution >= 0.6 is 23.2 Å².